The van der Waals surface area contributed by atoms with E-state index >= 15 is 0 Å². The molecule has 1 aromatic rings. The predicted octanol–water partition coefficient (Wildman–Crippen LogP) is 1.18. The predicted molar refractivity (Wildman–Crippen MR) is 63.7 cm³/mol. The Kier molecular flexibility index (Phi) is 3.57. The van der Waals surface area contributed by atoms with E-state index in [1.807, 2.05) is 18.2 Å². The summed E-state index contributed by atoms with van der Waals surface area (Å²) < 4.78 is 4.56. The second-order valence-corrected chi connectivity index (χ2v) is 3.67. The molecule has 0 amide bonds. The maximum absolute atomic E-state index is 11.3. The smallest absolute Gasteiger partial charge is 0.350 e. The zero-order valence-corrected chi connectivity index (χ0v) is 9.74. The van der Waals surface area contributed by atoms with Crippen LogP contribution in [-0.2, 0) is 14.4 Å². The number of nitrogens with zero attached hydrogens (tertiary/aromatic N) is 2. The maximum atomic E-state index is 11.3. The molecule has 0 bridgehead atoms. The number of ether oxygens (including phenoxy) is 1. The Morgan fingerprint density at radius 2 is 2.22 bits per heavy atom. The molecule has 1 heterocycles. The minimum absolute atomic E-state index is 0.223. The second-order valence-electron chi connectivity index (χ2n) is 3.67. The standard InChI is InChI=1S/C12H12N2O4/c1-17-12(15)10-7-9(14-18-10)11(13-16)8-5-3-2-4-6-8/h2-6,10,16H,7H2,1H3/b13-11-. The SMILES string of the molecule is COC(=O)C1CC(/C(=N\O)c2ccccc2)=NO1. The molecule has 6 nitrogen and oxygen atoms in total. The van der Waals surface area contributed by atoms with Gasteiger partial charge >= 0.3 is 5.97 Å². The molecule has 0 saturated heterocycles. The topological polar surface area (TPSA) is 80.5 Å². The van der Waals surface area contributed by atoms with Gasteiger partial charge in [-0.3, -0.25) is 0 Å². The lowest BCUT2D eigenvalue weighted by Crippen LogP contribution is -2.24. The lowest BCUT2D eigenvalue weighted by atomic mass is 10.0. The van der Waals surface area contributed by atoms with E-state index in [0.717, 1.165) is 0 Å². The fourth-order valence-corrected chi connectivity index (χ4v) is 1.65. The number of rotatable bonds is 3. The molecular formula is C12H12N2O4. The average molecular weight is 248 g/mol. The van der Waals surface area contributed by atoms with Gasteiger partial charge in [0.05, 0.1) is 7.11 Å². The van der Waals surface area contributed by atoms with Crippen molar-refractivity contribution in [3.05, 3.63) is 35.9 Å². The number of oxime groups is 2. The highest BCUT2D eigenvalue weighted by atomic mass is 16.7. The van der Waals surface area contributed by atoms with Crippen LogP contribution in [0.15, 0.2) is 40.6 Å². The number of benzene rings is 1. The Morgan fingerprint density at radius 3 is 2.83 bits per heavy atom. The lowest BCUT2D eigenvalue weighted by Gasteiger charge is -2.04. The molecule has 1 aromatic carbocycles. The maximum Gasteiger partial charge on any atom is 0.350 e. The van der Waals surface area contributed by atoms with Gasteiger partial charge in [0.1, 0.15) is 11.4 Å². The van der Waals surface area contributed by atoms with E-state index in [4.69, 9.17) is 10.0 Å². The third-order valence-electron chi connectivity index (χ3n) is 2.55. The van der Waals surface area contributed by atoms with Crippen LogP contribution in [0.1, 0.15) is 12.0 Å². The van der Waals surface area contributed by atoms with Crippen LogP contribution in [0.2, 0.25) is 0 Å². The highest BCUT2D eigenvalue weighted by Gasteiger charge is 2.31. The molecule has 1 N–H and O–H groups in total. The first-order chi connectivity index (χ1) is 8.76. The quantitative estimate of drug-likeness (QED) is 0.377. The van der Waals surface area contributed by atoms with Gasteiger partial charge in [0.15, 0.2) is 0 Å². The van der Waals surface area contributed by atoms with Gasteiger partial charge in [-0.05, 0) is 0 Å². The van der Waals surface area contributed by atoms with Crippen molar-refractivity contribution in [1.82, 2.24) is 0 Å². The first-order valence-electron chi connectivity index (χ1n) is 5.34. The molecule has 0 aliphatic carbocycles. The molecule has 0 fully saturated rings. The molecule has 0 saturated carbocycles. The summed E-state index contributed by atoms with van der Waals surface area (Å²) in [6.45, 7) is 0. The molecule has 0 aromatic heterocycles. The Morgan fingerprint density at radius 1 is 1.50 bits per heavy atom. The van der Waals surface area contributed by atoms with E-state index in [9.17, 15) is 4.79 Å². The molecular weight excluding hydrogens is 236 g/mol. The van der Waals surface area contributed by atoms with Gasteiger partial charge in [0.2, 0.25) is 6.10 Å². The van der Waals surface area contributed by atoms with E-state index in [2.05, 4.69) is 15.0 Å². The Hall–Kier alpha value is -2.37. The van der Waals surface area contributed by atoms with Crippen molar-refractivity contribution >= 4 is 17.4 Å². The summed E-state index contributed by atoms with van der Waals surface area (Å²) in [5.74, 6) is -0.501. The van der Waals surface area contributed by atoms with Gasteiger partial charge in [0.25, 0.3) is 0 Å². The van der Waals surface area contributed by atoms with Crippen molar-refractivity contribution in [3.63, 3.8) is 0 Å². The van der Waals surface area contributed by atoms with Gasteiger partial charge < -0.3 is 14.8 Å². The summed E-state index contributed by atoms with van der Waals surface area (Å²) in [5, 5.41) is 16.0. The molecule has 18 heavy (non-hydrogen) atoms. The highest BCUT2D eigenvalue weighted by molar-refractivity contribution is 6.48. The molecule has 1 aliphatic rings. The van der Waals surface area contributed by atoms with E-state index < -0.39 is 12.1 Å². The van der Waals surface area contributed by atoms with Crippen LogP contribution < -0.4 is 0 Å². The van der Waals surface area contributed by atoms with Gasteiger partial charge in [0, 0.05) is 12.0 Å². The number of hydrogen-bond donors (Lipinski definition) is 1. The van der Waals surface area contributed by atoms with Gasteiger partial charge in [-0.1, -0.05) is 40.6 Å². The van der Waals surface area contributed by atoms with E-state index in [-0.39, 0.29) is 6.42 Å². The number of methoxy groups -OCH3 is 1. The first kappa shape index (κ1) is 12.1. The Bertz CT molecular complexity index is 496. The monoisotopic (exact) mass is 248 g/mol. The van der Waals surface area contributed by atoms with Gasteiger partial charge in [-0.25, -0.2) is 4.79 Å². The van der Waals surface area contributed by atoms with Crippen molar-refractivity contribution in [2.24, 2.45) is 10.3 Å². The van der Waals surface area contributed by atoms with E-state index in [1.54, 1.807) is 12.1 Å². The number of hydrogen-bond acceptors (Lipinski definition) is 6. The Labute approximate surface area is 103 Å². The zero-order chi connectivity index (χ0) is 13.0. The van der Waals surface area contributed by atoms with Crippen LogP contribution in [0.5, 0.6) is 0 Å². The largest absolute Gasteiger partial charge is 0.466 e. The zero-order valence-electron chi connectivity index (χ0n) is 9.74. The molecule has 1 atom stereocenters. The molecule has 2 rings (SSSR count). The third kappa shape index (κ3) is 2.32. The minimum atomic E-state index is -0.773. The Balaban J connectivity index is 2.16. The molecule has 1 unspecified atom stereocenters. The van der Waals surface area contributed by atoms with Crippen molar-refractivity contribution in [1.29, 1.82) is 0 Å². The summed E-state index contributed by atoms with van der Waals surface area (Å²) in [6.07, 6.45) is -0.550. The van der Waals surface area contributed by atoms with Crippen LogP contribution in [0, 0.1) is 0 Å². The van der Waals surface area contributed by atoms with Gasteiger partial charge in [-0.2, -0.15) is 0 Å². The molecule has 94 valence electrons. The minimum Gasteiger partial charge on any atom is -0.466 e. The first-order valence-corrected chi connectivity index (χ1v) is 5.34. The van der Waals surface area contributed by atoms with Crippen LogP contribution >= 0.6 is 0 Å². The van der Waals surface area contributed by atoms with Crippen LogP contribution in [0.3, 0.4) is 0 Å². The summed E-state index contributed by atoms with van der Waals surface area (Å²) in [5.41, 5.74) is 1.41. The highest BCUT2D eigenvalue weighted by Crippen LogP contribution is 2.16. The number of carbonyl (C=O) groups is 1. The average Bonchev–Trinajstić information content (AvgIpc) is 2.89. The lowest BCUT2D eigenvalue weighted by molar-refractivity contribution is -0.152. The van der Waals surface area contributed by atoms with Crippen molar-refractivity contribution in [2.75, 3.05) is 7.11 Å². The van der Waals surface area contributed by atoms with Crippen molar-refractivity contribution < 1.29 is 19.6 Å². The van der Waals surface area contributed by atoms with Crippen LogP contribution in [-0.4, -0.2) is 35.8 Å². The molecule has 6 heteroatoms. The fraction of sp³-hybridized carbons (Fsp3) is 0.250. The number of carbonyl (C=O) groups excluding carboxylic acids is 1. The molecule has 0 spiro atoms. The van der Waals surface area contributed by atoms with Crippen LogP contribution in [0.25, 0.3) is 0 Å². The normalized spacial score (nSPS) is 19.1. The van der Waals surface area contributed by atoms with Crippen molar-refractivity contribution in [3.8, 4) is 0 Å². The fourth-order valence-electron chi connectivity index (χ4n) is 1.65. The number of esters is 1. The summed E-state index contributed by atoms with van der Waals surface area (Å²) in [6, 6.07) is 9.04. The van der Waals surface area contributed by atoms with E-state index in [1.165, 1.54) is 7.11 Å². The summed E-state index contributed by atoms with van der Waals surface area (Å²) >= 11 is 0. The van der Waals surface area contributed by atoms with Gasteiger partial charge in [-0.15, -0.1) is 0 Å². The third-order valence-corrected chi connectivity index (χ3v) is 2.55. The summed E-state index contributed by atoms with van der Waals surface area (Å²) in [7, 11) is 1.28. The summed E-state index contributed by atoms with van der Waals surface area (Å²) in [4.78, 5) is 16.2. The second kappa shape index (κ2) is 5.31. The molecule has 0 radical (unpaired) electrons. The molecule has 1 aliphatic heterocycles. The van der Waals surface area contributed by atoms with Crippen LogP contribution in [0.4, 0.5) is 0 Å². The van der Waals surface area contributed by atoms with E-state index in [0.29, 0.717) is 17.0 Å². The van der Waals surface area contributed by atoms with Crippen molar-refractivity contribution in [2.45, 2.75) is 12.5 Å².